The van der Waals surface area contributed by atoms with E-state index >= 15 is 0 Å². The lowest BCUT2D eigenvalue weighted by atomic mass is 10.1. The average Bonchev–Trinajstić information content (AvgIpc) is 2.87. The summed E-state index contributed by atoms with van der Waals surface area (Å²) in [4.78, 5) is 32.3. The number of benzene rings is 1. The molecule has 0 bridgehead atoms. The molecule has 4 rings (SSSR count). The van der Waals surface area contributed by atoms with Crippen LogP contribution in [0.3, 0.4) is 0 Å². The van der Waals surface area contributed by atoms with Crippen molar-refractivity contribution in [3.63, 3.8) is 0 Å². The second-order valence-corrected chi connectivity index (χ2v) is 7.57. The van der Waals surface area contributed by atoms with Crippen molar-refractivity contribution in [2.45, 2.75) is 6.92 Å². The van der Waals surface area contributed by atoms with E-state index in [0.717, 1.165) is 17.2 Å². The average molecular weight is 447 g/mol. The first-order valence-electron chi connectivity index (χ1n) is 10.6. The van der Waals surface area contributed by atoms with E-state index in [1.165, 1.54) is 14.0 Å². The molecule has 1 aliphatic rings. The molecule has 0 radical (unpaired) electrons. The molecule has 3 aromatic rings. The first kappa shape index (κ1) is 22.2. The van der Waals surface area contributed by atoms with Gasteiger partial charge in [-0.05, 0) is 49.4 Å². The predicted octanol–water partition coefficient (Wildman–Crippen LogP) is 2.48. The van der Waals surface area contributed by atoms with Gasteiger partial charge in [-0.1, -0.05) is 6.07 Å². The molecule has 9 nitrogen and oxygen atoms in total. The van der Waals surface area contributed by atoms with Gasteiger partial charge in [-0.15, -0.1) is 10.2 Å². The molecule has 170 valence electrons. The minimum absolute atomic E-state index is 0.0649. The summed E-state index contributed by atoms with van der Waals surface area (Å²) < 4.78 is 11.0. The van der Waals surface area contributed by atoms with Crippen molar-refractivity contribution < 1.29 is 19.1 Å². The topological polar surface area (TPSA) is 97.8 Å². The van der Waals surface area contributed by atoms with Gasteiger partial charge in [0.25, 0.3) is 5.91 Å². The molecule has 0 N–H and O–H groups in total. The number of aromatic nitrogens is 3. The Balaban J connectivity index is 1.30. The number of nitrogens with zero attached hydrogens (tertiary/aromatic N) is 5. The maximum absolute atomic E-state index is 12.6. The first-order chi connectivity index (χ1) is 16.0. The van der Waals surface area contributed by atoms with Crippen LogP contribution in [-0.2, 0) is 4.79 Å². The summed E-state index contributed by atoms with van der Waals surface area (Å²) in [5.41, 5.74) is 2.02. The molecule has 9 heteroatoms. The number of anilines is 1. The lowest BCUT2D eigenvalue weighted by Gasteiger charge is -2.35. The number of piperazine rings is 1. The predicted molar refractivity (Wildman–Crippen MR) is 123 cm³/mol. The summed E-state index contributed by atoms with van der Waals surface area (Å²) >= 11 is 0. The summed E-state index contributed by atoms with van der Waals surface area (Å²) in [7, 11) is 1.50. The number of methoxy groups -OCH3 is 1. The lowest BCUT2D eigenvalue weighted by molar-refractivity contribution is -0.133. The zero-order valence-corrected chi connectivity index (χ0v) is 18.6. The molecule has 33 heavy (non-hydrogen) atoms. The monoisotopic (exact) mass is 447 g/mol. The Morgan fingerprint density at radius 2 is 1.76 bits per heavy atom. The molecular formula is C24H25N5O4. The van der Waals surface area contributed by atoms with Gasteiger partial charge in [0.2, 0.25) is 0 Å². The van der Waals surface area contributed by atoms with Crippen LogP contribution in [0.1, 0.15) is 17.3 Å². The van der Waals surface area contributed by atoms with Crippen LogP contribution < -0.4 is 14.4 Å². The van der Waals surface area contributed by atoms with Crippen molar-refractivity contribution in [2.75, 3.05) is 44.8 Å². The van der Waals surface area contributed by atoms with Crippen LogP contribution in [0.2, 0.25) is 0 Å². The van der Waals surface area contributed by atoms with Gasteiger partial charge in [0.15, 0.2) is 29.7 Å². The third-order valence-corrected chi connectivity index (χ3v) is 5.46. The van der Waals surface area contributed by atoms with Crippen LogP contribution in [0.4, 0.5) is 5.82 Å². The molecule has 1 aromatic carbocycles. The largest absolute Gasteiger partial charge is 0.493 e. The Labute approximate surface area is 192 Å². The van der Waals surface area contributed by atoms with Gasteiger partial charge < -0.3 is 19.3 Å². The Morgan fingerprint density at radius 1 is 0.939 bits per heavy atom. The standard InChI is InChI=1S/C24H25N5O4/c1-17(30)18-6-8-21(22(15-18)32-2)33-16-24(31)29-13-11-28(12-14-29)23-9-7-20(26-27-23)19-5-3-4-10-25-19/h3-10,15H,11-14,16H2,1-2H3. The van der Waals surface area contributed by atoms with Crippen LogP contribution >= 0.6 is 0 Å². The quantitative estimate of drug-likeness (QED) is 0.510. The van der Waals surface area contributed by atoms with E-state index in [4.69, 9.17) is 9.47 Å². The first-order valence-corrected chi connectivity index (χ1v) is 10.6. The number of carbonyl (C=O) groups excluding carboxylic acids is 2. The molecule has 0 spiro atoms. The minimum atomic E-state index is -0.107. The molecule has 1 amide bonds. The summed E-state index contributed by atoms with van der Waals surface area (Å²) in [6, 6.07) is 14.4. The van der Waals surface area contributed by atoms with Crippen molar-refractivity contribution >= 4 is 17.5 Å². The molecular weight excluding hydrogens is 422 g/mol. The van der Waals surface area contributed by atoms with Crippen molar-refractivity contribution in [2.24, 2.45) is 0 Å². The third-order valence-electron chi connectivity index (χ3n) is 5.46. The fraction of sp³-hybridized carbons (Fsp3) is 0.292. The molecule has 0 atom stereocenters. The zero-order chi connectivity index (χ0) is 23.2. The molecule has 1 saturated heterocycles. The maximum Gasteiger partial charge on any atom is 0.260 e. The van der Waals surface area contributed by atoms with Crippen molar-refractivity contribution in [3.05, 3.63) is 60.3 Å². The number of hydrogen-bond acceptors (Lipinski definition) is 8. The second-order valence-electron chi connectivity index (χ2n) is 7.57. The van der Waals surface area contributed by atoms with Gasteiger partial charge >= 0.3 is 0 Å². The van der Waals surface area contributed by atoms with Crippen LogP contribution in [0.25, 0.3) is 11.4 Å². The van der Waals surface area contributed by atoms with Gasteiger partial charge in [0.05, 0.1) is 12.8 Å². The summed E-state index contributed by atoms with van der Waals surface area (Å²) in [6.45, 7) is 3.81. The van der Waals surface area contributed by atoms with Gasteiger partial charge in [-0.2, -0.15) is 0 Å². The van der Waals surface area contributed by atoms with Gasteiger partial charge in [0.1, 0.15) is 5.69 Å². The molecule has 1 aliphatic heterocycles. The second kappa shape index (κ2) is 10.1. The number of amides is 1. The molecule has 2 aromatic heterocycles. The summed E-state index contributed by atoms with van der Waals surface area (Å²) in [6.07, 6.45) is 1.72. The van der Waals surface area contributed by atoms with Crippen LogP contribution in [0, 0.1) is 0 Å². The Bertz CT molecular complexity index is 1110. The number of ether oxygens (including phenoxy) is 2. The highest BCUT2D eigenvalue weighted by atomic mass is 16.5. The Morgan fingerprint density at radius 3 is 2.39 bits per heavy atom. The smallest absolute Gasteiger partial charge is 0.260 e. The van der Waals surface area contributed by atoms with Gasteiger partial charge in [-0.25, -0.2) is 0 Å². The van der Waals surface area contributed by atoms with E-state index in [0.29, 0.717) is 43.2 Å². The molecule has 1 fully saturated rings. The fourth-order valence-corrected chi connectivity index (χ4v) is 3.57. The van der Waals surface area contributed by atoms with Crippen molar-refractivity contribution in [1.82, 2.24) is 20.1 Å². The number of pyridine rings is 1. The highest BCUT2D eigenvalue weighted by molar-refractivity contribution is 5.94. The molecule has 0 aliphatic carbocycles. The number of carbonyl (C=O) groups is 2. The van der Waals surface area contributed by atoms with Crippen LogP contribution in [-0.4, -0.2) is 71.7 Å². The zero-order valence-electron chi connectivity index (χ0n) is 18.6. The van der Waals surface area contributed by atoms with E-state index in [1.807, 2.05) is 30.3 Å². The third kappa shape index (κ3) is 5.25. The van der Waals surface area contributed by atoms with Crippen molar-refractivity contribution in [1.29, 1.82) is 0 Å². The fourth-order valence-electron chi connectivity index (χ4n) is 3.57. The summed E-state index contributed by atoms with van der Waals surface area (Å²) in [5, 5.41) is 8.62. The minimum Gasteiger partial charge on any atom is -0.493 e. The van der Waals surface area contributed by atoms with E-state index in [1.54, 1.807) is 29.3 Å². The highest BCUT2D eigenvalue weighted by Crippen LogP contribution is 2.28. The van der Waals surface area contributed by atoms with Gasteiger partial charge in [-0.3, -0.25) is 14.6 Å². The number of rotatable bonds is 7. The Hall–Kier alpha value is -4.01. The number of Topliss-reactive ketones (excluding diaryl/α,β-unsaturated/α-hetero) is 1. The maximum atomic E-state index is 12.6. The Kier molecular flexibility index (Phi) is 6.77. The number of ketones is 1. The molecule has 0 saturated carbocycles. The van der Waals surface area contributed by atoms with Gasteiger partial charge in [0, 0.05) is 37.9 Å². The van der Waals surface area contributed by atoms with Crippen LogP contribution in [0.15, 0.2) is 54.7 Å². The SMILES string of the molecule is COc1cc(C(C)=O)ccc1OCC(=O)N1CCN(c2ccc(-c3ccccn3)nn2)CC1. The van der Waals surface area contributed by atoms with E-state index in [9.17, 15) is 9.59 Å². The summed E-state index contributed by atoms with van der Waals surface area (Å²) in [5.74, 6) is 1.45. The number of hydrogen-bond donors (Lipinski definition) is 0. The highest BCUT2D eigenvalue weighted by Gasteiger charge is 2.23. The van der Waals surface area contributed by atoms with Crippen molar-refractivity contribution in [3.8, 4) is 22.9 Å². The lowest BCUT2D eigenvalue weighted by Crippen LogP contribution is -2.50. The molecule has 3 heterocycles. The van der Waals surface area contributed by atoms with E-state index in [-0.39, 0.29) is 18.3 Å². The van der Waals surface area contributed by atoms with Crippen LogP contribution in [0.5, 0.6) is 11.5 Å². The van der Waals surface area contributed by atoms with E-state index in [2.05, 4.69) is 20.1 Å². The normalized spacial score (nSPS) is 13.5. The molecule has 0 unspecified atom stereocenters. The van der Waals surface area contributed by atoms with E-state index < -0.39 is 0 Å².